The quantitative estimate of drug-likeness (QED) is 0.745. The smallest absolute Gasteiger partial charge is 0.264 e. The van der Waals surface area contributed by atoms with E-state index in [1.165, 1.54) is 0 Å². The van der Waals surface area contributed by atoms with Gasteiger partial charge >= 0.3 is 0 Å². The average Bonchev–Trinajstić information content (AvgIpc) is 2.66. The summed E-state index contributed by atoms with van der Waals surface area (Å²) >= 11 is 0. The number of fused-ring (bicyclic) bond motifs is 3. The van der Waals surface area contributed by atoms with Gasteiger partial charge < -0.3 is 16.0 Å². The zero-order valence-electron chi connectivity index (χ0n) is 11.9. The van der Waals surface area contributed by atoms with Crippen LogP contribution in [0.15, 0.2) is 24.3 Å². The highest BCUT2D eigenvalue weighted by Crippen LogP contribution is 2.51. The van der Waals surface area contributed by atoms with E-state index in [9.17, 15) is 4.79 Å². The molecule has 19 heavy (non-hydrogen) atoms. The molecule has 2 aliphatic heterocycles. The van der Waals surface area contributed by atoms with Gasteiger partial charge in [0.25, 0.3) is 5.91 Å². The van der Waals surface area contributed by atoms with Crippen LogP contribution in [0.5, 0.6) is 0 Å². The van der Waals surface area contributed by atoms with Crippen molar-refractivity contribution in [1.82, 2.24) is 4.90 Å². The lowest BCUT2D eigenvalue weighted by Gasteiger charge is -2.33. The van der Waals surface area contributed by atoms with Crippen LogP contribution in [0.1, 0.15) is 33.3 Å². The number of benzene rings is 1. The summed E-state index contributed by atoms with van der Waals surface area (Å²) in [5.41, 5.74) is 6.98. The summed E-state index contributed by atoms with van der Waals surface area (Å²) in [6.45, 7) is 8.87. The van der Waals surface area contributed by atoms with Crippen LogP contribution in [-0.4, -0.2) is 28.6 Å². The van der Waals surface area contributed by atoms with E-state index in [0.29, 0.717) is 6.54 Å². The number of amides is 1. The number of nitrogens with zero attached hydrogens (tertiary/aromatic N) is 1. The summed E-state index contributed by atoms with van der Waals surface area (Å²) in [7, 11) is 0. The summed E-state index contributed by atoms with van der Waals surface area (Å²) in [6, 6.07) is 8.02. The first kappa shape index (κ1) is 12.5. The highest BCUT2D eigenvalue weighted by Gasteiger charge is 2.65. The van der Waals surface area contributed by atoms with E-state index in [2.05, 4.69) is 18.3 Å². The summed E-state index contributed by atoms with van der Waals surface area (Å²) in [6.07, 6.45) is 0. The number of hydrogen-bond acceptors (Lipinski definition) is 3. The molecule has 1 saturated heterocycles. The number of likely N-dealkylation sites (tertiary alicyclic amines) is 1. The van der Waals surface area contributed by atoms with Crippen LogP contribution in [0.25, 0.3) is 0 Å². The Balaban J connectivity index is 2.15. The summed E-state index contributed by atoms with van der Waals surface area (Å²) in [5, 5.41) is 3.25. The third-order valence-corrected chi connectivity index (χ3v) is 4.59. The molecule has 1 aromatic carbocycles. The molecule has 0 radical (unpaired) electrons. The highest BCUT2D eigenvalue weighted by molar-refractivity contribution is 5.97. The first-order valence-corrected chi connectivity index (χ1v) is 6.69. The number of para-hydroxylation sites is 1. The zero-order chi connectivity index (χ0) is 14.1. The van der Waals surface area contributed by atoms with Gasteiger partial charge in [0.05, 0.1) is 5.41 Å². The van der Waals surface area contributed by atoms with Crippen molar-refractivity contribution in [3.8, 4) is 0 Å². The first-order chi connectivity index (χ1) is 8.70. The second-order valence-electron chi connectivity index (χ2n) is 6.87. The summed E-state index contributed by atoms with van der Waals surface area (Å²) in [4.78, 5) is 14.7. The monoisotopic (exact) mass is 259 g/mol. The van der Waals surface area contributed by atoms with Crippen LogP contribution in [0.4, 0.5) is 5.69 Å². The van der Waals surface area contributed by atoms with Gasteiger partial charge in [-0.1, -0.05) is 18.2 Å². The van der Waals surface area contributed by atoms with Crippen LogP contribution < -0.4 is 11.1 Å². The van der Waals surface area contributed by atoms with Gasteiger partial charge in [0.15, 0.2) is 5.66 Å². The Bertz CT molecular complexity index is 563. The van der Waals surface area contributed by atoms with Crippen LogP contribution >= 0.6 is 0 Å². The molecule has 2 atom stereocenters. The second kappa shape index (κ2) is 3.31. The molecule has 0 aromatic heterocycles. The van der Waals surface area contributed by atoms with Gasteiger partial charge in [-0.15, -0.1) is 0 Å². The third kappa shape index (κ3) is 1.35. The van der Waals surface area contributed by atoms with Crippen molar-refractivity contribution in [2.45, 2.75) is 44.3 Å². The van der Waals surface area contributed by atoms with Gasteiger partial charge in [-0.3, -0.25) is 4.79 Å². The maximum atomic E-state index is 12.8. The number of anilines is 1. The molecular weight excluding hydrogens is 238 g/mol. The van der Waals surface area contributed by atoms with E-state index in [-0.39, 0.29) is 16.9 Å². The lowest BCUT2D eigenvalue weighted by molar-refractivity contribution is -0.135. The Morgan fingerprint density at radius 2 is 1.95 bits per heavy atom. The van der Waals surface area contributed by atoms with Gasteiger partial charge in [-0.2, -0.15) is 0 Å². The Morgan fingerprint density at radius 3 is 2.58 bits per heavy atom. The Morgan fingerprint density at radius 1 is 1.32 bits per heavy atom. The SMILES string of the molecule is CC(C)(C)N1C[C@]2(C)c3ccccc3N[C@@]2(N)C1=O. The van der Waals surface area contributed by atoms with Crippen molar-refractivity contribution >= 4 is 11.6 Å². The summed E-state index contributed by atoms with van der Waals surface area (Å²) in [5.74, 6) is -0.0151. The molecule has 3 N–H and O–H groups in total. The molecule has 0 bridgehead atoms. The molecule has 1 amide bonds. The first-order valence-electron chi connectivity index (χ1n) is 6.69. The normalized spacial score (nSPS) is 33.1. The van der Waals surface area contributed by atoms with E-state index in [1.54, 1.807) is 0 Å². The second-order valence-corrected chi connectivity index (χ2v) is 6.87. The molecule has 0 unspecified atom stereocenters. The Kier molecular flexibility index (Phi) is 2.17. The molecule has 2 aliphatic rings. The number of nitrogens with two attached hydrogens (primary N) is 1. The number of hydrogen-bond donors (Lipinski definition) is 2. The zero-order valence-corrected chi connectivity index (χ0v) is 11.9. The van der Waals surface area contributed by atoms with Gasteiger partial charge in [-0.05, 0) is 39.3 Å². The molecule has 0 aliphatic carbocycles. The van der Waals surface area contributed by atoms with E-state index in [1.807, 2.05) is 43.9 Å². The fourth-order valence-corrected chi connectivity index (χ4v) is 3.28. The lowest BCUT2D eigenvalue weighted by Crippen LogP contribution is -2.61. The number of rotatable bonds is 0. The highest BCUT2D eigenvalue weighted by atomic mass is 16.2. The molecule has 0 spiro atoms. The third-order valence-electron chi connectivity index (χ3n) is 4.59. The van der Waals surface area contributed by atoms with E-state index < -0.39 is 5.66 Å². The molecule has 2 heterocycles. The van der Waals surface area contributed by atoms with E-state index in [4.69, 9.17) is 5.73 Å². The Labute approximate surface area is 114 Å². The van der Waals surface area contributed by atoms with Crippen molar-refractivity contribution < 1.29 is 4.79 Å². The molecule has 3 rings (SSSR count). The molecule has 1 fully saturated rings. The fourth-order valence-electron chi connectivity index (χ4n) is 3.28. The van der Waals surface area contributed by atoms with Crippen LogP contribution in [0.2, 0.25) is 0 Å². The van der Waals surface area contributed by atoms with Crippen molar-refractivity contribution in [2.24, 2.45) is 5.73 Å². The molecule has 4 nitrogen and oxygen atoms in total. The predicted octanol–water partition coefficient (Wildman–Crippen LogP) is 1.67. The van der Waals surface area contributed by atoms with Crippen molar-refractivity contribution in [3.63, 3.8) is 0 Å². The minimum absolute atomic E-state index is 0.0151. The molecule has 102 valence electrons. The molecular formula is C15H21N3O. The van der Waals surface area contributed by atoms with Crippen LogP contribution in [0.3, 0.4) is 0 Å². The Hall–Kier alpha value is -1.55. The van der Waals surface area contributed by atoms with Gasteiger partial charge in [0, 0.05) is 17.8 Å². The minimum atomic E-state index is -1.02. The average molecular weight is 259 g/mol. The minimum Gasteiger partial charge on any atom is -0.359 e. The van der Waals surface area contributed by atoms with Gasteiger partial charge in [0.2, 0.25) is 0 Å². The van der Waals surface area contributed by atoms with Crippen LogP contribution in [-0.2, 0) is 10.2 Å². The lowest BCUT2D eigenvalue weighted by atomic mass is 9.77. The topological polar surface area (TPSA) is 58.4 Å². The van der Waals surface area contributed by atoms with Crippen molar-refractivity contribution in [2.75, 3.05) is 11.9 Å². The van der Waals surface area contributed by atoms with Crippen LogP contribution in [0, 0.1) is 0 Å². The van der Waals surface area contributed by atoms with E-state index in [0.717, 1.165) is 11.3 Å². The molecule has 0 saturated carbocycles. The number of nitrogens with one attached hydrogen (secondary N) is 1. The molecule has 1 aromatic rings. The van der Waals surface area contributed by atoms with Gasteiger partial charge in [0.1, 0.15) is 0 Å². The van der Waals surface area contributed by atoms with Crippen molar-refractivity contribution in [1.29, 1.82) is 0 Å². The van der Waals surface area contributed by atoms with E-state index >= 15 is 0 Å². The van der Waals surface area contributed by atoms with Gasteiger partial charge in [-0.25, -0.2) is 0 Å². The summed E-state index contributed by atoms with van der Waals surface area (Å²) < 4.78 is 0. The standard InChI is InChI=1S/C15H21N3O/c1-13(2,3)18-9-14(4)10-7-5-6-8-11(10)17-15(14,16)12(18)19/h5-8,17H,9,16H2,1-4H3/t14-,15+/m1/s1. The fraction of sp³-hybridized carbons (Fsp3) is 0.533. The molecule has 4 heteroatoms. The maximum absolute atomic E-state index is 12.8. The predicted molar refractivity (Wildman–Crippen MR) is 75.8 cm³/mol. The number of carbonyl (C=O) groups excluding carboxylic acids is 1. The maximum Gasteiger partial charge on any atom is 0.264 e. The number of carbonyl (C=O) groups is 1. The largest absolute Gasteiger partial charge is 0.359 e. The van der Waals surface area contributed by atoms with Crippen molar-refractivity contribution in [3.05, 3.63) is 29.8 Å².